The highest BCUT2D eigenvalue weighted by molar-refractivity contribution is 5.90. The zero-order valence-corrected chi connectivity index (χ0v) is 15.2. The van der Waals surface area contributed by atoms with Gasteiger partial charge in [0.15, 0.2) is 0 Å². The Morgan fingerprint density at radius 1 is 1.50 bits per heavy atom. The number of aromatic nitrogens is 2. The minimum absolute atomic E-state index is 0.149. The van der Waals surface area contributed by atoms with Crippen LogP contribution < -0.4 is 11.0 Å². The molecule has 1 aromatic heterocycles. The summed E-state index contributed by atoms with van der Waals surface area (Å²) >= 11 is 0. The zero-order valence-electron chi connectivity index (χ0n) is 15.2. The number of anilines is 1. The van der Waals surface area contributed by atoms with Crippen LogP contribution in [0.2, 0.25) is 0 Å². The lowest BCUT2D eigenvalue weighted by Crippen LogP contribution is -2.30. The van der Waals surface area contributed by atoms with E-state index < -0.39 is 24.1 Å². The third-order valence-electron chi connectivity index (χ3n) is 4.29. The van der Waals surface area contributed by atoms with E-state index in [2.05, 4.69) is 17.2 Å². The maximum Gasteiger partial charge on any atom is 0.351 e. The molecule has 1 aliphatic heterocycles. The number of hydrogen-bond donors (Lipinski definition) is 3. The van der Waals surface area contributed by atoms with Gasteiger partial charge in [-0.15, -0.1) is 0 Å². The van der Waals surface area contributed by atoms with Gasteiger partial charge in [0.2, 0.25) is 5.91 Å². The van der Waals surface area contributed by atoms with Crippen LogP contribution in [-0.4, -0.2) is 51.6 Å². The van der Waals surface area contributed by atoms with Gasteiger partial charge in [-0.25, -0.2) is 4.79 Å². The van der Waals surface area contributed by atoms with Gasteiger partial charge in [0, 0.05) is 31.7 Å². The molecule has 1 aromatic rings. The Kier molecular flexibility index (Phi) is 7.70. The third kappa shape index (κ3) is 5.10. The van der Waals surface area contributed by atoms with E-state index in [1.54, 1.807) is 0 Å². The molecule has 0 bridgehead atoms. The maximum atomic E-state index is 12.4. The number of nitrogens with one attached hydrogen (secondary N) is 1. The van der Waals surface area contributed by atoms with Crippen LogP contribution in [0.3, 0.4) is 0 Å². The molecule has 3 atom stereocenters. The molecule has 2 heterocycles. The molecule has 1 aliphatic rings. The molecule has 2 rings (SSSR count). The predicted molar refractivity (Wildman–Crippen MR) is 93.6 cm³/mol. The molecule has 0 unspecified atom stereocenters. The van der Waals surface area contributed by atoms with E-state index in [4.69, 9.17) is 9.47 Å². The van der Waals surface area contributed by atoms with Crippen molar-refractivity contribution in [1.82, 2.24) is 9.55 Å². The van der Waals surface area contributed by atoms with Crippen molar-refractivity contribution in [2.24, 2.45) is 0 Å². The number of carbonyl (C=O) groups is 1. The summed E-state index contributed by atoms with van der Waals surface area (Å²) in [5.74, 6) is -0.0276. The van der Waals surface area contributed by atoms with Crippen LogP contribution in [-0.2, 0) is 20.9 Å². The Morgan fingerprint density at radius 3 is 2.88 bits per heavy atom. The molecule has 0 saturated carbocycles. The lowest BCUT2D eigenvalue weighted by molar-refractivity contribution is -0.116. The number of carbonyl (C=O) groups excluding carboxylic acids is 1. The molecule has 0 aromatic carbocycles. The van der Waals surface area contributed by atoms with Crippen molar-refractivity contribution in [3.8, 4) is 0 Å². The molecular formula is C17H27N3O6. The molecule has 3 N–H and O–H groups in total. The molecular weight excluding hydrogens is 342 g/mol. The van der Waals surface area contributed by atoms with E-state index in [0.717, 1.165) is 19.3 Å². The Hall–Kier alpha value is -1.81. The topological polar surface area (TPSA) is 123 Å². The van der Waals surface area contributed by atoms with Crippen molar-refractivity contribution in [3.05, 3.63) is 22.2 Å². The lowest BCUT2D eigenvalue weighted by Gasteiger charge is -2.17. The fraction of sp³-hybridized carbons (Fsp3) is 0.706. The maximum absolute atomic E-state index is 12.4. The smallest absolute Gasteiger partial charge is 0.351 e. The van der Waals surface area contributed by atoms with Crippen molar-refractivity contribution in [1.29, 1.82) is 0 Å². The fourth-order valence-corrected chi connectivity index (χ4v) is 2.87. The summed E-state index contributed by atoms with van der Waals surface area (Å²) in [6, 6.07) is 0. The van der Waals surface area contributed by atoms with E-state index in [1.165, 1.54) is 17.9 Å². The minimum atomic E-state index is -0.860. The average molecular weight is 369 g/mol. The third-order valence-corrected chi connectivity index (χ3v) is 4.29. The molecule has 26 heavy (non-hydrogen) atoms. The number of methoxy groups -OCH3 is 1. The van der Waals surface area contributed by atoms with Crippen LogP contribution in [0.15, 0.2) is 11.0 Å². The summed E-state index contributed by atoms with van der Waals surface area (Å²) in [6.45, 7) is 1.87. The Bertz CT molecular complexity index is 662. The predicted octanol–water partition coefficient (Wildman–Crippen LogP) is 0.549. The number of ether oxygens (including phenoxy) is 2. The van der Waals surface area contributed by atoms with Gasteiger partial charge in [0.05, 0.1) is 19.3 Å². The number of aliphatic hydroxyl groups is 2. The van der Waals surface area contributed by atoms with Gasteiger partial charge in [0.1, 0.15) is 18.1 Å². The summed E-state index contributed by atoms with van der Waals surface area (Å²) in [5.41, 5.74) is -0.0778. The van der Waals surface area contributed by atoms with E-state index in [9.17, 15) is 19.8 Å². The van der Waals surface area contributed by atoms with Crippen molar-refractivity contribution >= 4 is 11.7 Å². The largest absolute Gasteiger partial charge is 0.394 e. The normalized spacial score (nSPS) is 22.5. The van der Waals surface area contributed by atoms with Gasteiger partial charge in [-0.2, -0.15) is 4.98 Å². The van der Waals surface area contributed by atoms with Gasteiger partial charge < -0.3 is 25.0 Å². The van der Waals surface area contributed by atoms with E-state index in [-0.39, 0.29) is 31.4 Å². The number of aliphatic hydroxyl groups excluding tert-OH is 2. The SMILES string of the molecule is CCCCCC(=O)Nc1nc(=O)n([C@H]2C[C@H](O)[C@@H](CO)O2)cc1COC. The number of unbranched alkanes of at least 4 members (excludes halogenated alkanes) is 2. The highest BCUT2D eigenvalue weighted by Gasteiger charge is 2.35. The first-order chi connectivity index (χ1) is 12.5. The van der Waals surface area contributed by atoms with Gasteiger partial charge in [-0.05, 0) is 6.42 Å². The van der Waals surface area contributed by atoms with E-state index in [1.807, 2.05) is 0 Å². The molecule has 1 saturated heterocycles. The van der Waals surface area contributed by atoms with E-state index in [0.29, 0.717) is 12.0 Å². The quantitative estimate of drug-likeness (QED) is 0.543. The van der Waals surface area contributed by atoms with Crippen LogP contribution in [0.25, 0.3) is 0 Å². The molecule has 1 fully saturated rings. The molecule has 0 aliphatic carbocycles. The average Bonchev–Trinajstić information content (AvgIpc) is 2.98. The van der Waals surface area contributed by atoms with Crippen molar-refractivity contribution < 1.29 is 24.5 Å². The first-order valence-electron chi connectivity index (χ1n) is 8.85. The molecule has 1 amide bonds. The molecule has 0 spiro atoms. The molecule has 9 heteroatoms. The summed E-state index contributed by atoms with van der Waals surface area (Å²) in [5, 5.41) is 21.7. The number of amides is 1. The van der Waals surface area contributed by atoms with Crippen LogP contribution in [0.4, 0.5) is 5.82 Å². The summed E-state index contributed by atoms with van der Waals surface area (Å²) in [6.07, 6.45) is 2.46. The second-order valence-corrected chi connectivity index (χ2v) is 6.36. The summed E-state index contributed by atoms with van der Waals surface area (Å²) in [4.78, 5) is 28.3. The van der Waals surface area contributed by atoms with E-state index >= 15 is 0 Å². The Labute approximate surface area is 152 Å². The second-order valence-electron chi connectivity index (χ2n) is 6.36. The Balaban J connectivity index is 2.19. The van der Waals surface area contributed by atoms with Crippen LogP contribution >= 0.6 is 0 Å². The lowest BCUT2D eigenvalue weighted by atomic mass is 10.2. The fourth-order valence-electron chi connectivity index (χ4n) is 2.87. The standard InChI is InChI=1S/C17H27N3O6/c1-3-4-5-6-14(23)18-16-11(10-25-2)8-20(17(24)19-16)15-7-12(22)13(9-21)26-15/h8,12-13,15,21-22H,3-7,9-10H2,1-2H3,(H,18,19,23,24)/t12-,13+,15+/m0/s1. The van der Waals surface area contributed by atoms with Gasteiger partial charge in [-0.3, -0.25) is 9.36 Å². The molecule has 0 radical (unpaired) electrons. The monoisotopic (exact) mass is 369 g/mol. The highest BCUT2D eigenvalue weighted by atomic mass is 16.5. The van der Waals surface area contributed by atoms with Crippen LogP contribution in [0.5, 0.6) is 0 Å². The van der Waals surface area contributed by atoms with Crippen LogP contribution in [0.1, 0.15) is 50.8 Å². The minimum Gasteiger partial charge on any atom is -0.394 e. The number of hydrogen-bond acceptors (Lipinski definition) is 7. The summed E-state index contributed by atoms with van der Waals surface area (Å²) in [7, 11) is 1.50. The van der Waals surface area contributed by atoms with Gasteiger partial charge >= 0.3 is 5.69 Å². The van der Waals surface area contributed by atoms with Gasteiger partial charge in [-0.1, -0.05) is 19.8 Å². The first-order valence-corrected chi connectivity index (χ1v) is 8.85. The number of nitrogens with zero attached hydrogens (tertiary/aromatic N) is 2. The second kappa shape index (κ2) is 9.77. The van der Waals surface area contributed by atoms with Crippen molar-refractivity contribution in [3.63, 3.8) is 0 Å². The van der Waals surface area contributed by atoms with Crippen LogP contribution in [0, 0.1) is 0 Å². The molecule has 146 valence electrons. The number of rotatable bonds is 9. The van der Waals surface area contributed by atoms with Crippen molar-refractivity contribution in [2.75, 3.05) is 19.0 Å². The molecule has 9 nitrogen and oxygen atoms in total. The highest BCUT2D eigenvalue weighted by Crippen LogP contribution is 2.28. The first kappa shape index (κ1) is 20.5. The summed E-state index contributed by atoms with van der Waals surface area (Å²) < 4.78 is 11.9. The van der Waals surface area contributed by atoms with Gasteiger partial charge in [0.25, 0.3) is 0 Å². The zero-order chi connectivity index (χ0) is 19.1. The van der Waals surface area contributed by atoms with Crippen molar-refractivity contribution in [2.45, 2.75) is 64.1 Å². The Morgan fingerprint density at radius 2 is 2.27 bits per heavy atom.